The van der Waals surface area contributed by atoms with Gasteiger partial charge in [-0.05, 0) is 11.8 Å². The molecule has 1 atom stereocenters. The molecule has 1 unspecified atom stereocenters. The maximum atomic E-state index is 11.9. The minimum absolute atomic E-state index is 0.0616. The van der Waals surface area contributed by atoms with Gasteiger partial charge in [-0.15, -0.1) is 23.4 Å². The number of rotatable bonds is 5. The summed E-state index contributed by atoms with van der Waals surface area (Å²) in [7, 11) is -3.14. The molecule has 1 aromatic rings. The van der Waals surface area contributed by atoms with E-state index in [0.29, 0.717) is 0 Å². The Morgan fingerprint density at radius 1 is 1.33 bits per heavy atom. The minimum Gasteiger partial charge on any atom is -0.227 e. The van der Waals surface area contributed by atoms with Gasteiger partial charge in [0.2, 0.25) is 0 Å². The van der Waals surface area contributed by atoms with Gasteiger partial charge in [-0.25, -0.2) is 8.42 Å². The number of hydrogen-bond acceptors (Lipinski definition) is 3. The van der Waals surface area contributed by atoms with Crippen molar-refractivity contribution in [3.63, 3.8) is 0 Å². The SMILES string of the molecule is CSC(CCl)S(=O)(=O)Cc1ccccc1. The van der Waals surface area contributed by atoms with Crippen molar-refractivity contribution in [1.29, 1.82) is 0 Å². The highest BCUT2D eigenvalue weighted by molar-refractivity contribution is 8.12. The van der Waals surface area contributed by atoms with E-state index >= 15 is 0 Å². The third kappa shape index (κ3) is 3.70. The molecule has 15 heavy (non-hydrogen) atoms. The van der Waals surface area contributed by atoms with Gasteiger partial charge in [-0.3, -0.25) is 0 Å². The second kappa shape index (κ2) is 5.77. The Hall–Kier alpha value is -0.190. The molecule has 0 aliphatic rings. The predicted molar refractivity (Wildman–Crippen MR) is 67.1 cm³/mol. The Kier molecular flexibility index (Phi) is 4.96. The van der Waals surface area contributed by atoms with Crippen LogP contribution in [0.25, 0.3) is 0 Å². The summed E-state index contributed by atoms with van der Waals surface area (Å²) >= 11 is 6.89. The minimum atomic E-state index is -3.14. The first kappa shape index (κ1) is 12.9. The fourth-order valence-corrected chi connectivity index (χ4v) is 4.70. The van der Waals surface area contributed by atoms with Crippen LogP contribution in [-0.2, 0) is 15.6 Å². The van der Waals surface area contributed by atoms with E-state index in [2.05, 4.69) is 0 Å². The molecule has 0 spiro atoms. The van der Waals surface area contributed by atoms with Gasteiger partial charge in [0.1, 0.15) is 4.58 Å². The summed E-state index contributed by atoms with van der Waals surface area (Å²) in [5, 5.41) is 0. The summed E-state index contributed by atoms with van der Waals surface area (Å²) in [6, 6.07) is 9.15. The van der Waals surface area contributed by atoms with Crippen LogP contribution in [0.5, 0.6) is 0 Å². The van der Waals surface area contributed by atoms with Crippen molar-refractivity contribution < 1.29 is 8.42 Å². The van der Waals surface area contributed by atoms with Crippen molar-refractivity contribution in [2.24, 2.45) is 0 Å². The Labute approximate surface area is 99.9 Å². The molecule has 0 heterocycles. The lowest BCUT2D eigenvalue weighted by atomic mass is 10.2. The number of halogens is 1. The first-order valence-electron chi connectivity index (χ1n) is 4.44. The quantitative estimate of drug-likeness (QED) is 0.767. The molecule has 0 saturated heterocycles. The highest BCUT2D eigenvalue weighted by Gasteiger charge is 2.23. The lowest BCUT2D eigenvalue weighted by molar-refractivity contribution is 0.594. The predicted octanol–water partition coefficient (Wildman–Crippen LogP) is 2.53. The largest absolute Gasteiger partial charge is 0.227 e. The molecule has 1 aromatic carbocycles. The molecule has 0 aliphatic heterocycles. The Bertz CT molecular complexity index is 385. The van der Waals surface area contributed by atoms with E-state index in [1.165, 1.54) is 11.8 Å². The zero-order valence-corrected chi connectivity index (χ0v) is 10.8. The van der Waals surface area contributed by atoms with Gasteiger partial charge in [0, 0.05) is 5.88 Å². The normalized spacial score (nSPS) is 13.7. The van der Waals surface area contributed by atoms with Gasteiger partial charge in [0.05, 0.1) is 5.75 Å². The molecule has 1 rings (SSSR count). The third-order valence-corrected chi connectivity index (χ3v) is 6.53. The second-order valence-corrected chi connectivity index (χ2v) is 6.94. The number of thioether (sulfide) groups is 1. The molecule has 0 fully saturated rings. The molecule has 5 heteroatoms. The molecule has 84 valence electrons. The van der Waals surface area contributed by atoms with Gasteiger partial charge in [0.15, 0.2) is 9.84 Å². The van der Waals surface area contributed by atoms with Crippen LogP contribution >= 0.6 is 23.4 Å². The van der Waals surface area contributed by atoms with E-state index in [1.54, 1.807) is 6.26 Å². The number of alkyl halides is 1. The first-order valence-corrected chi connectivity index (χ1v) is 7.98. The van der Waals surface area contributed by atoms with Crippen molar-refractivity contribution in [2.75, 3.05) is 12.1 Å². The fraction of sp³-hybridized carbons (Fsp3) is 0.400. The van der Waals surface area contributed by atoms with Crippen LogP contribution in [0, 0.1) is 0 Å². The summed E-state index contributed by atoms with van der Waals surface area (Å²) in [5.74, 6) is 0.197. The molecule has 0 N–H and O–H groups in total. The van der Waals surface area contributed by atoms with Crippen molar-refractivity contribution >= 4 is 33.2 Å². The van der Waals surface area contributed by atoms with E-state index in [-0.39, 0.29) is 11.6 Å². The number of hydrogen-bond donors (Lipinski definition) is 0. The zero-order valence-electron chi connectivity index (χ0n) is 8.39. The molecule has 0 aromatic heterocycles. The van der Waals surface area contributed by atoms with Gasteiger partial charge in [-0.1, -0.05) is 30.3 Å². The molecule has 2 nitrogen and oxygen atoms in total. The maximum Gasteiger partial charge on any atom is 0.167 e. The number of benzene rings is 1. The van der Waals surface area contributed by atoms with Crippen LogP contribution in [-0.4, -0.2) is 25.1 Å². The van der Waals surface area contributed by atoms with Crippen LogP contribution in [0.3, 0.4) is 0 Å². The molecule has 0 amide bonds. The molecule has 0 saturated carbocycles. The van der Waals surface area contributed by atoms with E-state index < -0.39 is 14.4 Å². The summed E-state index contributed by atoms with van der Waals surface area (Å²) in [5.41, 5.74) is 0.807. The molecular formula is C10H13ClO2S2. The Balaban J connectivity index is 2.81. The lowest BCUT2D eigenvalue weighted by Gasteiger charge is -2.12. The Morgan fingerprint density at radius 2 is 1.93 bits per heavy atom. The van der Waals surface area contributed by atoms with Crippen LogP contribution < -0.4 is 0 Å². The molecule has 0 aliphatic carbocycles. The van der Waals surface area contributed by atoms with Gasteiger partial charge >= 0.3 is 0 Å². The fourth-order valence-electron chi connectivity index (χ4n) is 1.21. The van der Waals surface area contributed by atoms with Crippen LogP contribution in [0.15, 0.2) is 30.3 Å². The maximum absolute atomic E-state index is 11.9. The number of sulfone groups is 1. The smallest absolute Gasteiger partial charge is 0.167 e. The van der Waals surface area contributed by atoms with E-state index in [9.17, 15) is 8.42 Å². The van der Waals surface area contributed by atoms with E-state index in [4.69, 9.17) is 11.6 Å². The average Bonchev–Trinajstić information content (AvgIpc) is 2.19. The topological polar surface area (TPSA) is 34.1 Å². The monoisotopic (exact) mass is 264 g/mol. The van der Waals surface area contributed by atoms with Crippen LogP contribution in [0.4, 0.5) is 0 Å². The first-order chi connectivity index (χ1) is 7.10. The lowest BCUT2D eigenvalue weighted by Crippen LogP contribution is -2.20. The third-order valence-electron chi connectivity index (χ3n) is 2.00. The molecule has 0 radical (unpaired) electrons. The van der Waals surface area contributed by atoms with Crippen LogP contribution in [0.2, 0.25) is 0 Å². The summed E-state index contributed by atoms with van der Waals surface area (Å²) in [4.78, 5) is 0. The second-order valence-electron chi connectivity index (χ2n) is 3.11. The van der Waals surface area contributed by atoms with Gasteiger partial charge in [-0.2, -0.15) is 0 Å². The highest BCUT2D eigenvalue weighted by Crippen LogP contribution is 2.20. The van der Waals surface area contributed by atoms with Crippen molar-refractivity contribution in [2.45, 2.75) is 10.3 Å². The highest BCUT2D eigenvalue weighted by atomic mass is 35.5. The van der Waals surface area contributed by atoms with Crippen molar-refractivity contribution in [1.82, 2.24) is 0 Å². The van der Waals surface area contributed by atoms with Gasteiger partial charge < -0.3 is 0 Å². The Morgan fingerprint density at radius 3 is 2.40 bits per heavy atom. The van der Waals surface area contributed by atoms with Gasteiger partial charge in [0.25, 0.3) is 0 Å². The summed E-state index contributed by atoms with van der Waals surface area (Å²) in [6.07, 6.45) is 1.76. The van der Waals surface area contributed by atoms with Crippen LogP contribution in [0.1, 0.15) is 5.56 Å². The average molecular weight is 265 g/mol. The summed E-state index contributed by atoms with van der Waals surface area (Å²) < 4.78 is 23.2. The summed E-state index contributed by atoms with van der Waals surface area (Å²) in [6.45, 7) is 0. The van der Waals surface area contributed by atoms with Crippen molar-refractivity contribution in [3.05, 3.63) is 35.9 Å². The standard InChI is InChI=1S/C10H13ClO2S2/c1-14-10(7-11)15(12,13)8-9-5-3-2-4-6-9/h2-6,10H,7-8H2,1H3. The zero-order chi connectivity index (χ0) is 11.3. The molecular weight excluding hydrogens is 252 g/mol. The van der Waals surface area contributed by atoms with E-state index in [1.807, 2.05) is 30.3 Å². The molecule has 0 bridgehead atoms. The van der Waals surface area contributed by atoms with E-state index in [0.717, 1.165) is 5.56 Å². The van der Waals surface area contributed by atoms with Crippen molar-refractivity contribution in [3.8, 4) is 0 Å².